The van der Waals surface area contributed by atoms with E-state index in [0.717, 1.165) is 31.7 Å². The summed E-state index contributed by atoms with van der Waals surface area (Å²) in [5, 5.41) is 6.41. The van der Waals surface area contributed by atoms with Gasteiger partial charge in [-0.15, -0.1) is 0 Å². The van der Waals surface area contributed by atoms with Crippen molar-refractivity contribution in [2.75, 3.05) is 25.6 Å². The highest BCUT2D eigenvalue weighted by Crippen LogP contribution is 2.48. The average molecular weight is 274 g/mol. The Bertz CT molecular complexity index is 472. The summed E-state index contributed by atoms with van der Waals surface area (Å²) in [6.45, 7) is 1.56. The predicted molar refractivity (Wildman–Crippen MR) is 78.7 cm³/mol. The fraction of sp³-hybridized carbons (Fsp3) is 0.562. The van der Waals surface area contributed by atoms with Crippen molar-refractivity contribution in [3.05, 3.63) is 29.8 Å². The van der Waals surface area contributed by atoms with Gasteiger partial charge in [0.15, 0.2) is 0 Å². The van der Waals surface area contributed by atoms with Crippen molar-refractivity contribution >= 4 is 11.6 Å². The van der Waals surface area contributed by atoms with Crippen LogP contribution < -0.4 is 10.6 Å². The minimum Gasteiger partial charge on any atom is -0.385 e. The number of amides is 1. The molecule has 0 spiro atoms. The molecule has 20 heavy (non-hydrogen) atoms. The predicted octanol–water partition coefficient (Wildman–Crippen LogP) is 1.96. The summed E-state index contributed by atoms with van der Waals surface area (Å²) in [6.07, 6.45) is 4.24. The number of hydrogen-bond donors (Lipinski definition) is 2. The lowest BCUT2D eigenvalue weighted by molar-refractivity contribution is -0.122. The maximum atomic E-state index is 12.3. The van der Waals surface area contributed by atoms with Crippen LogP contribution in [0.3, 0.4) is 0 Å². The van der Waals surface area contributed by atoms with Gasteiger partial charge in [-0.05, 0) is 36.3 Å². The van der Waals surface area contributed by atoms with Gasteiger partial charge in [-0.25, -0.2) is 0 Å². The van der Waals surface area contributed by atoms with Crippen LogP contribution in [0.4, 0.5) is 5.69 Å². The maximum Gasteiger partial charge on any atom is 0.242 e. The second kappa shape index (κ2) is 5.44. The fourth-order valence-corrected chi connectivity index (χ4v) is 2.86. The van der Waals surface area contributed by atoms with E-state index in [1.165, 1.54) is 18.4 Å². The molecule has 0 radical (unpaired) electrons. The molecular weight excluding hydrogens is 252 g/mol. The van der Waals surface area contributed by atoms with Crippen molar-refractivity contribution in [3.63, 3.8) is 0 Å². The molecule has 0 aromatic heterocycles. The first-order valence-corrected chi connectivity index (χ1v) is 7.34. The normalized spacial score (nSPS) is 21.9. The van der Waals surface area contributed by atoms with Gasteiger partial charge < -0.3 is 15.4 Å². The van der Waals surface area contributed by atoms with Crippen LogP contribution in [-0.4, -0.2) is 32.2 Å². The number of rotatable bonds is 6. The Balaban J connectivity index is 1.49. The Morgan fingerprint density at radius 1 is 1.45 bits per heavy atom. The number of hydrogen-bond acceptors (Lipinski definition) is 3. The highest BCUT2D eigenvalue weighted by atomic mass is 16.5. The molecule has 1 aromatic carbocycles. The van der Waals surface area contributed by atoms with Gasteiger partial charge in [0.05, 0.1) is 0 Å². The molecule has 4 nitrogen and oxygen atoms in total. The number of nitrogens with one attached hydrogen (secondary N) is 2. The molecule has 2 N–H and O–H groups in total. The van der Waals surface area contributed by atoms with Crippen LogP contribution in [0, 0.1) is 5.41 Å². The smallest absolute Gasteiger partial charge is 0.242 e. The summed E-state index contributed by atoms with van der Waals surface area (Å²) in [7, 11) is 1.73. The molecule has 2 aliphatic rings. The first-order chi connectivity index (χ1) is 9.72. The number of carbonyl (C=O) groups excluding carboxylic acids is 1. The number of fused-ring (bicyclic) bond motifs is 1. The lowest BCUT2D eigenvalue weighted by atomic mass is 10.0. The highest BCUT2D eigenvalue weighted by Gasteiger charge is 2.42. The molecule has 0 saturated heterocycles. The van der Waals surface area contributed by atoms with Crippen LogP contribution in [-0.2, 0) is 16.0 Å². The van der Waals surface area contributed by atoms with Gasteiger partial charge in [-0.3, -0.25) is 4.79 Å². The molecule has 1 heterocycles. The fourth-order valence-electron chi connectivity index (χ4n) is 2.86. The molecule has 1 unspecified atom stereocenters. The van der Waals surface area contributed by atoms with Crippen LogP contribution >= 0.6 is 0 Å². The zero-order chi connectivity index (χ0) is 14.0. The molecular formula is C16H22N2O2. The minimum absolute atomic E-state index is 0.116. The topological polar surface area (TPSA) is 50.4 Å². The van der Waals surface area contributed by atoms with Gasteiger partial charge in [0, 0.05) is 32.4 Å². The van der Waals surface area contributed by atoms with E-state index < -0.39 is 0 Å². The molecule has 1 aliphatic carbocycles. The van der Waals surface area contributed by atoms with E-state index in [-0.39, 0.29) is 11.9 Å². The second-order valence-corrected chi connectivity index (χ2v) is 6.02. The SMILES string of the molecule is COCCC1(CNC(=O)C2Cc3ccccc3N2)CC1. The summed E-state index contributed by atoms with van der Waals surface area (Å²) >= 11 is 0. The Kier molecular flexibility index (Phi) is 3.66. The zero-order valence-corrected chi connectivity index (χ0v) is 11.9. The number of anilines is 1. The van der Waals surface area contributed by atoms with Gasteiger partial charge in [0.2, 0.25) is 5.91 Å². The third kappa shape index (κ3) is 2.80. The summed E-state index contributed by atoms with van der Waals surface area (Å²) in [5.41, 5.74) is 2.62. The minimum atomic E-state index is -0.120. The van der Waals surface area contributed by atoms with E-state index in [1.807, 2.05) is 18.2 Å². The molecule has 3 rings (SSSR count). The van der Waals surface area contributed by atoms with E-state index >= 15 is 0 Å². The number of carbonyl (C=O) groups is 1. The molecule has 4 heteroatoms. The van der Waals surface area contributed by atoms with Crippen LogP contribution in [0.2, 0.25) is 0 Å². The second-order valence-electron chi connectivity index (χ2n) is 6.02. The lowest BCUT2D eigenvalue weighted by Crippen LogP contribution is -2.41. The van der Waals surface area contributed by atoms with Crippen molar-refractivity contribution in [3.8, 4) is 0 Å². The van der Waals surface area contributed by atoms with Crippen LogP contribution in [0.1, 0.15) is 24.8 Å². The Morgan fingerprint density at radius 2 is 2.25 bits per heavy atom. The van der Waals surface area contributed by atoms with Crippen molar-refractivity contribution in [2.45, 2.75) is 31.7 Å². The van der Waals surface area contributed by atoms with Crippen LogP contribution in [0.25, 0.3) is 0 Å². The Hall–Kier alpha value is -1.55. The Morgan fingerprint density at radius 3 is 2.95 bits per heavy atom. The van der Waals surface area contributed by atoms with Gasteiger partial charge in [0.25, 0.3) is 0 Å². The van der Waals surface area contributed by atoms with Crippen LogP contribution in [0.15, 0.2) is 24.3 Å². The standard InChI is InChI=1S/C16H22N2O2/c1-20-9-8-16(6-7-16)11-17-15(19)14-10-12-4-2-3-5-13(12)18-14/h2-5,14,18H,6-11H2,1H3,(H,17,19). The van der Waals surface area contributed by atoms with E-state index in [9.17, 15) is 4.79 Å². The largest absolute Gasteiger partial charge is 0.385 e. The molecule has 1 amide bonds. The highest BCUT2D eigenvalue weighted by molar-refractivity contribution is 5.87. The molecule has 1 fully saturated rings. The third-order valence-corrected chi connectivity index (χ3v) is 4.52. The molecule has 1 aromatic rings. The van der Waals surface area contributed by atoms with Crippen molar-refractivity contribution in [1.29, 1.82) is 0 Å². The molecule has 0 bridgehead atoms. The van der Waals surface area contributed by atoms with Gasteiger partial charge in [-0.2, -0.15) is 0 Å². The molecule has 1 saturated carbocycles. The van der Waals surface area contributed by atoms with Crippen molar-refractivity contribution < 1.29 is 9.53 Å². The maximum absolute atomic E-state index is 12.3. The first kappa shape index (κ1) is 13.4. The summed E-state index contributed by atoms with van der Waals surface area (Å²) in [4.78, 5) is 12.3. The average Bonchev–Trinajstić information content (AvgIpc) is 3.11. The van der Waals surface area contributed by atoms with Gasteiger partial charge in [0.1, 0.15) is 6.04 Å². The van der Waals surface area contributed by atoms with E-state index in [0.29, 0.717) is 5.41 Å². The van der Waals surface area contributed by atoms with Gasteiger partial charge >= 0.3 is 0 Å². The first-order valence-electron chi connectivity index (χ1n) is 7.34. The molecule has 1 aliphatic heterocycles. The van der Waals surface area contributed by atoms with E-state index in [2.05, 4.69) is 16.7 Å². The number of benzene rings is 1. The quantitative estimate of drug-likeness (QED) is 0.833. The molecule has 108 valence electrons. The van der Waals surface area contributed by atoms with Gasteiger partial charge in [-0.1, -0.05) is 18.2 Å². The van der Waals surface area contributed by atoms with Crippen LogP contribution in [0.5, 0.6) is 0 Å². The Labute approximate surface area is 119 Å². The van der Waals surface area contributed by atoms with E-state index in [4.69, 9.17) is 4.74 Å². The number of ether oxygens (including phenoxy) is 1. The third-order valence-electron chi connectivity index (χ3n) is 4.52. The lowest BCUT2D eigenvalue weighted by Gasteiger charge is -2.18. The van der Waals surface area contributed by atoms with Crippen molar-refractivity contribution in [1.82, 2.24) is 5.32 Å². The monoisotopic (exact) mass is 274 g/mol. The molecule has 1 atom stereocenters. The summed E-state index contributed by atoms with van der Waals surface area (Å²) < 4.78 is 5.14. The number of para-hydroxylation sites is 1. The number of methoxy groups -OCH3 is 1. The summed E-state index contributed by atoms with van der Waals surface area (Å²) in [6, 6.07) is 8.01. The van der Waals surface area contributed by atoms with Crippen molar-refractivity contribution in [2.24, 2.45) is 5.41 Å². The zero-order valence-electron chi connectivity index (χ0n) is 11.9. The van der Waals surface area contributed by atoms with E-state index in [1.54, 1.807) is 7.11 Å². The summed E-state index contributed by atoms with van der Waals surface area (Å²) in [5.74, 6) is 0.116.